The molecule has 0 bridgehead atoms. The van der Waals surface area contributed by atoms with E-state index >= 15 is 0 Å². The molecule has 2 unspecified atom stereocenters. The maximum absolute atomic E-state index is 12.1. The molecule has 0 aromatic carbocycles. The van der Waals surface area contributed by atoms with E-state index < -0.39 is 41.4 Å². The molecule has 1 saturated heterocycles. The summed E-state index contributed by atoms with van der Waals surface area (Å²) in [6.07, 6.45) is 0.224. The molecular weight excluding hydrogens is 432 g/mol. The number of hydrogen-bond acceptors (Lipinski definition) is 7. The first-order valence-corrected chi connectivity index (χ1v) is 10.3. The lowest BCUT2D eigenvalue weighted by atomic mass is 9.99. The van der Waals surface area contributed by atoms with Crippen molar-refractivity contribution >= 4 is 39.5 Å². The first-order chi connectivity index (χ1) is 12.5. The van der Waals surface area contributed by atoms with Crippen LogP contribution in [0.15, 0.2) is 0 Å². The molecule has 152 valence electrons. The van der Waals surface area contributed by atoms with Gasteiger partial charge in [-0.25, -0.2) is 4.79 Å². The van der Waals surface area contributed by atoms with Gasteiger partial charge in [0.1, 0.15) is 23.1 Å². The minimum absolute atomic E-state index is 0.342. The van der Waals surface area contributed by atoms with E-state index in [4.69, 9.17) is 35.3 Å². The standard InChI is InChI=1S/C17H28BrClO7/c1-4-6-8-23-12-13(25-11(20)10-19)15(17(21)22-3)26-16(18)14(12)24-9-7-5-2/h12-16H,4-10H2,1-3H3/t12-,13-,14?,15?,16+/m0/s1. The fourth-order valence-corrected chi connectivity index (χ4v) is 3.26. The minimum Gasteiger partial charge on any atom is -0.467 e. The van der Waals surface area contributed by atoms with Crippen molar-refractivity contribution < 1.29 is 33.3 Å². The molecule has 0 N–H and O–H groups in total. The Morgan fingerprint density at radius 3 is 2.12 bits per heavy atom. The highest BCUT2D eigenvalue weighted by molar-refractivity contribution is 9.09. The summed E-state index contributed by atoms with van der Waals surface area (Å²) in [4.78, 5) is 23.9. The van der Waals surface area contributed by atoms with Crippen molar-refractivity contribution in [1.82, 2.24) is 0 Å². The van der Waals surface area contributed by atoms with Gasteiger partial charge in [-0.2, -0.15) is 0 Å². The topological polar surface area (TPSA) is 80.3 Å². The van der Waals surface area contributed by atoms with Crippen LogP contribution in [0, 0.1) is 0 Å². The van der Waals surface area contributed by atoms with E-state index in [1.54, 1.807) is 0 Å². The summed E-state index contributed by atoms with van der Waals surface area (Å²) in [5.74, 6) is -1.66. The highest BCUT2D eigenvalue weighted by Crippen LogP contribution is 2.32. The number of unbranched alkanes of at least 4 members (excludes halogenated alkanes) is 2. The third kappa shape index (κ3) is 6.96. The van der Waals surface area contributed by atoms with E-state index in [-0.39, 0.29) is 5.88 Å². The average molecular weight is 460 g/mol. The number of methoxy groups -OCH3 is 1. The number of hydrogen-bond donors (Lipinski definition) is 0. The zero-order chi connectivity index (χ0) is 19.5. The average Bonchev–Trinajstić information content (AvgIpc) is 2.64. The zero-order valence-electron chi connectivity index (χ0n) is 15.5. The number of alkyl halides is 2. The number of esters is 2. The van der Waals surface area contributed by atoms with Crippen LogP contribution < -0.4 is 0 Å². The Bertz CT molecular complexity index is 437. The Morgan fingerprint density at radius 2 is 1.62 bits per heavy atom. The number of halogens is 2. The van der Waals surface area contributed by atoms with Crippen LogP contribution in [0.1, 0.15) is 39.5 Å². The fourth-order valence-electron chi connectivity index (χ4n) is 2.51. The van der Waals surface area contributed by atoms with Crippen molar-refractivity contribution in [3.63, 3.8) is 0 Å². The van der Waals surface area contributed by atoms with Crippen LogP contribution in [0.3, 0.4) is 0 Å². The fraction of sp³-hybridized carbons (Fsp3) is 0.882. The predicted molar refractivity (Wildman–Crippen MR) is 99.5 cm³/mol. The third-order valence-corrected chi connectivity index (χ3v) is 4.86. The maximum Gasteiger partial charge on any atom is 0.339 e. The highest BCUT2D eigenvalue weighted by Gasteiger charge is 2.51. The van der Waals surface area contributed by atoms with Gasteiger partial charge in [-0.1, -0.05) is 42.6 Å². The van der Waals surface area contributed by atoms with E-state index in [9.17, 15) is 9.59 Å². The van der Waals surface area contributed by atoms with Gasteiger partial charge < -0.3 is 23.7 Å². The molecule has 0 spiro atoms. The van der Waals surface area contributed by atoms with E-state index in [0.29, 0.717) is 13.2 Å². The van der Waals surface area contributed by atoms with E-state index in [0.717, 1.165) is 25.7 Å². The zero-order valence-corrected chi connectivity index (χ0v) is 17.8. The second kappa shape index (κ2) is 12.9. The van der Waals surface area contributed by atoms with Crippen LogP contribution >= 0.6 is 27.5 Å². The number of carbonyl (C=O) groups is 2. The molecule has 1 fully saturated rings. The van der Waals surface area contributed by atoms with Crippen LogP contribution in [0.4, 0.5) is 0 Å². The SMILES string of the molecule is CCCCOC1[C@H](Br)OC(C(=O)OC)[C@@H](OC(=O)CCl)[C@@H]1OCCCC. The molecule has 7 nitrogen and oxygen atoms in total. The van der Waals surface area contributed by atoms with E-state index in [1.807, 2.05) is 6.92 Å². The van der Waals surface area contributed by atoms with E-state index in [2.05, 4.69) is 22.9 Å². The monoisotopic (exact) mass is 458 g/mol. The normalized spacial score (nSPS) is 28.6. The molecule has 1 heterocycles. The van der Waals surface area contributed by atoms with Gasteiger partial charge in [0.05, 0.1) is 7.11 Å². The molecule has 0 aliphatic carbocycles. The summed E-state index contributed by atoms with van der Waals surface area (Å²) in [5, 5.41) is -0.610. The van der Waals surface area contributed by atoms with Gasteiger partial charge in [0.2, 0.25) is 0 Å². The summed E-state index contributed by atoms with van der Waals surface area (Å²) in [6.45, 7) is 5.04. The molecule has 0 amide bonds. The summed E-state index contributed by atoms with van der Waals surface area (Å²) in [5.41, 5.74) is 0. The number of ether oxygens (including phenoxy) is 5. The smallest absolute Gasteiger partial charge is 0.339 e. The van der Waals surface area contributed by atoms with Crippen molar-refractivity contribution in [2.45, 2.75) is 69.0 Å². The van der Waals surface area contributed by atoms with Gasteiger partial charge in [0, 0.05) is 13.2 Å². The second-order valence-corrected chi connectivity index (χ2v) is 7.07. The molecule has 0 aromatic rings. The molecule has 9 heteroatoms. The molecule has 1 rings (SSSR count). The van der Waals surface area contributed by atoms with Crippen LogP contribution in [0.2, 0.25) is 0 Å². The molecule has 1 aliphatic rings. The quantitative estimate of drug-likeness (QED) is 0.267. The summed E-state index contributed by atoms with van der Waals surface area (Å²) >= 11 is 8.96. The van der Waals surface area contributed by atoms with Gasteiger partial charge in [-0.15, -0.1) is 11.6 Å². The van der Waals surface area contributed by atoms with Crippen molar-refractivity contribution in [2.75, 3.05) is 26.2 Å². The molecule has 0 saturated carbocycles. The van der Waals surface area contributed by atoms with E-state index in [1.165, 1.54) is 7.11 Å². The predicted octanol–water partition coefficient (Wildman–Crippen LogP) is 2.80. The Labute approximate surface area is 168 Å². The minimum atomic E-state index is -1.13. The highest BCUT2D eigenvalue weighted by atomic mass is 79.9. The van der Waals surface area contributed by atoms with Crippen molar-refractivity contribution in [3.8, 4) is 0 Å². The number of carbonyl (C=O) groups excluding carboxylic acids is 2. The van der Waals surface area contributed by atoms with Gasteiger partial charge in [-0.05, 0) is 12.8 Å². The summed E-state index contributed by atoms with van der Waals surface area (Å²) < 4.78 is 27.7. The largest absolute Gasteiger partial charge is 0.467 e. The van der Waals surface area contributed by atoms with Crippen molar-refractivity contribution in [2.24, 2.45) is 0 Å². The van der Waals surface area contributed by atoms with Gasteiger partial charge in [0.15, 0.2) is 12.2 Å². The Morgan fingerprint density at radius 1 is 1.04 bits per heavy atom. The Balaban J connectivity index is 3.05. The lowest BCUT2D eigenvalue weighted by molar-refractivity contribution is -0.238. The van der Waals surface area contributed by atoms with Crippen LogP contribution in [-0.2, 0) is 33.3 Å². The summed E-state index contributed by atoms with van der Waals surface area (Å²) in [7, 11) is 1.24. The maximum atomic E-state index is 12.1. The molecule has 1 aliphatic heterocycles. The lowest BCUT2D eigenvalue weighted by Crippen LogP contribution is -2.61. The molecular formula is C17H28BrClO7. The second-order valence-electron chi connectivity index (χ2n) is 5.90. The van der Waals surface area contributed by atoms with Crippen molar-refractivity contribution in [3.05, 3.63) is 0 Å². The van der Waals surface area contributed by atoms with Crippen LogP contribution in [-0.4, -0.2) is 67.6 Å². The Kier molecular flexibility index (Phi) is 11.7. The van der Waals surface area contributed by atoms with Gasteiger partial charge >= 0.3 is 11.9 Å². The Hall–Kier alpha value is -0.410. The molecule has 5 atom stereocenters. The first kappa shape index (κ1) is 23.6. The van der Waals surface area contributed by atoms with Crippen LogP contribution in [0.25, 0.3) is 0 Å². The molecule has 0 aromatic heterocycles. The van der Waals surface area contributed by atoms with Gasteiger partial charge in [-0.3, -0.25) is 4.79 Å². The number of rotatable bonds is 11. The lowest BCUT2D eigenvalue weighted by Gasteiger charge is -2.43. The molecule has 26 heavy (non-hydrogen) atoms. The van der Waals surface area contributed by atoms with Gasteiger partial charge in [0.25, 0.3) is 0 Å². The third-order valence-electron chi connectivity index (χ3n) is 3.91. The molecule has 0 radical (unpaired) electrons. The first-order valence-electron chi connectivity index (χ1n) is 8.86. The summed E-state index contributed by atoms with van der Waals surface area (Å²) in [6, 6.07) is 0. The van der Waals surface area contributed by atoms with Crippen molar-refractivity contribution in [1.29, 1.82) is 0 Å². The van der Waals surface area contributed by atoms with Crippen LogP contribution in [0.5, 0.6) is 0 Å².